The van der Waals surface area contributed by atoms with Crippen molar-refractivity contribution in [1.29, 1.82) is 0 Å². The van der Waals surface area contributed by atoms with E-state index in [2.05, 4.69) is 24.4 Å². The Morgan fingerprint density at radius 2 is 1.76 bits per heavy atom. The van der Waals surface area contributed by atoms with Crippen LogP contribution in [-0.2, 0) is 21.4 Å². The molecule has 6 nitrogen and oxygen atoms in total. The third kappa shape index (κ3) is 4.31. The van der Waals surface area contributed by atoms with Gasteiger partial charge in [0.2, 0.25) is 11.8 Å². The zero-order chi connectivity index (χ0) is 22.8. The van der Waals surface area contributed by atoms with Gasteiger partial charge in [0, 0.05) is 24.9 Å². The molecule has 0 bridgehead atoms. The van der Waals surface area contributed by atoms with Crippen LogP contribution in [0.25, 0.3) is 0 Å². The van der Waals surface area contributed by atoms with Crippen LogP contribution >= 0.6 is 0 Å². The van der Waals surface area contributed by atoms with Crippen LogP contribution in [0.15, 0.2) is 42.5 Å². The molecule has 0 aromatic heterocycles. The van der Waals surface area contributed by atoms with E-state index in [0.29, 0.717) is 32.6 Å². The average molecular weight is 449 g/mol. The standard InChI is InChI=1S/C27H32N2O4/c1-19-21-16-23-24(33-14-13-32-23)17-22(21)27(10-5-6-11-27)18-29(19)26(31)9-12-28-25(30)15-20-7-3-2-4-8-20/h2-4,7-8,16-17,19H,5-6,9-15,18H2,1H3,(H,28,30). The summed E-state index contributed by atoms with van der Waals surface area (Å²) in [5.41, 5.74) is 3.47. The fraction of sp³-hybridized carbons (Fsp3) is 0.481. The number of hydrogen-bond acceptors (Lipinski definition) is 4. The average Bonchev–Trinajstić information content (AvgIpc) is 3.30. The van der Waals surface area contributed by atoms with Gasteiger partial charge in [-0.2, -0.15) is 0 Å². The van der Waals surface area contributed by atoms with Crippen molar-refractivity contribution < 1.29 is 19.1 Å². The number of carbonyl (C=O) groups is 2. The third-order valence-corrected chi connectivity index (χ3v) is 7.43. The maximum absolute atomic E-state index is 13.3. The molecule has 1 atom stereocenters. The maximum atomic E-state index is 13.3. The number of amides is 2. The highest BCUT2D eigenvalue weighted by Gasteiger charge is 2.46. The van der Waals surface area contributed by atoms with Crippen LogP contribution < -0.4 is 14.8 Å². The van der Waals surface area contributed by atoms with Crippen molar-refractivity contribution in [1.82, 2.24) is 10.2 Å². The van der Waals surface area contributed by atoms with E-state index in [-0.39, 0.29) is 23.3 Å². The van der Waals surface area contributed by atoms with Gasteiger partial charge < -0.3 is 19.7 Å². The Bertz CT molecular complexity index is 1030. The van der Waals surface area contributed by atoms with E-state index >= 15 is 0 Å². The SMILES string of the molecule is CC1c2cc3c(cc2C2(CCCC2)CN1C(=O)CCNC(=O)Cc1ccccc1)OCCO3. The molecule has 1 fully saturated rings. The Hall–Kier alpha value is -3.02. The molecule has 1 N–H and O–H groups in total. The van der Waals surface area contributed by atoms with Crippen LogP contribution in [0, 0.1) is 0 Å². The van der Waals surface area contributed by atoms with Gasteiger partial charge in [0.05, 0.1) is 12.5 Å². The van der Waals surface area contributed by atoms with E-state index in [1.807, 2.05) is 35.2 Å². The quantitative estimate of drug-likeness (QED) is 0.753. The monoisotopic (exact) mass is 448 g/mol. The lowest BCUT2D eigenvalue weighted by atomic mass is 9.71. The molecule has 0 radical (unpaired) electrons. The molecule has 1 saturated carbocycles. The lowest BCUT2D eigenvalue weighted by Crippen LogP contribution is -2.49. The van der Waals surface area contributed by atoms with Gasteiger partial charge in [-0.1, -0.05) is 43.2 Å². The van der Waals surface area contributed by atoms with Gasteiger partial charge in [0.25, 0.3) is 0 Å². The van der Waals surface area contributed by atoms with Gasteiger partial charge in [-0.3, -0.25) is 9.59 Å². The van der Waals surface area contributed by atoms with Gasteiger partial charge in [0.15, 0.2) is 11.5 Å². The van der Waals surface area contributed by atoms with E-state index < -0.39 is 0 Å². The molecule has 1 aliphatic carbocycles. The second-order valence-corrected chi connectivity index (χ2v) is 9.53. The van der Waals surface area contributed by atoms with Crippen LogP contribution in [-0.4, -0.2) is 43.0 Å². The molecule has 5 rings (SSSR count). The number of ether oxygens (including phenoxy) is 2. The van der Waals surface area contributed by atoms with Crippen molar-refractivity contribution in [3.8, 4) is 11.5 Å². The molecular weight excluding hydrogens is 416 g/mol. The van der Waals surface area contributed by atoms with Crippen molar-refractivity contribution in [2.45, 2.75) is 56.9 Å². The molecule has 2 amide bonds. The summed E-state index contributed by atoms with van der Waals surface area (Å²) in [4.78, 5) is 27.6. The molecule has 0 saturated heterocycles. The topological polar surface area (TPSA) is 67.9 Å². The van der Waals surface area contributed by atoms with Crippen LogP contribution in [0.4, 0.5) is 0 Å². The lowest BCUT2D eigenvalue weighted by Gasteiger charge is -2.46. The minimum atomic E-state index is -0.0536. The van der Waals surface area contributed by atoms with E-state index in [0.717, 1.165) is 36.4 Å². The number of nitrogens with zero attached hydrogens (tertiary/aromatic N) is 1. The van der Waals surface area contributed by atoms with Crippen LogP contribution in [0.2, 0.25) is 0 Å². The molecule has 1 unspecified atom stereocenters. The number of fused-ring (bicyclic) bond motifs is 3. The molecule has 6 heteroatoms. The molecule has 2 aromatic rings. The maximum Gasteiger partial charge on any atom is 0.224 e. The van der Waals surface area contributed by atoms with Gasteiger partial charge >= 0.3 is 0 Å². The van der Waals surface area contributed by atoms with Gasteiger partial charge in [-0.15, -0.1) is 0 Å². The highest BCUT2D eigenvalue weighted by molar-refractivity contribution is 5.81. The Labute approximate surface area is 195 Å². The van der Waals surface area contributed by atoms with Crippen molar-refractivity contribution in [3.63, 3.8) is 0 Å². The minimum Gasteiger partial charge on any atom is -0.486 e. The number of benzene rings is 2. The van der Waals surface area contributed by atoms with Crippen LogP contribution in [0.1, 0.15) is 61.8 Å². The van der Waals surface area contributed by atoms with Gasteiger partial charge in [0.1, 0.15) is 13.2 Å². The Balaban J connectivity index is 1.29. The first-order valence-electron chi connectivity index (χ1n) is 12.1. The summed E-state index contributed by atoms with van der Waals surface area (Å²) >= 11 is 0. The van der Waals surface area contributed by atoms with Crippen molar-refractivity contribution in [3.05, 3.63) is 59.2 Å². The van der Waals surface area contributed by atoms with E-state index in [4.69, 9.17) is 9.47 Å². The molecule has 33 heavy (non-hydrogen) atoms. The first kappa shape index (κ1) is 21.8. The highest BCUT2D eigenvalue weighted by Crippen LogP contribution is 2.51. The predicted octanol–water partition coefficient (Wildman–Crippen LogP) is 3.92. The predicted molar refractivity (Wildman–Crippen MR) is 125 cm³/mol. The number of hydrogen-bond donors (Lipinski definition) is 1. The Morgan fingerprint density at radius 1 is 1.06 bits per heavy atom. The van der Waals surface area contributed by atoms with E-state index in [9.17, 15) is 9.59 Å². The minimum absolute atomic E-state index is 0.0100. The van der Waals surface area contributed by atoms with Crippen molar-refractivity contribution in [2.24, 2.45) is 0 Å². The van der Waals surface area contributed by atoms with Gasteiger partial charge in [-0.05, 0) is 48.6 Å². The zero-order valence-electron chi connectivity index (χ0n) is 19.3. The zero-order valence-corrected chi connectivity index (χ0v) is 19.3. The van der Waals surface area contributed by atoms with Crippen molar-refractivity contribution >= 4 is 11.8 Å². The Kier molecular flexibility index (Phi) is 6.00. The summed E-state index contributed by atoms with van der Waals surface area (Å²) in [5.74, 6) is 1.65. The van der Waals surface area contributed by atoms with Crippen LogP contribution in [0.5, 0.6) is 11.5 Å². The highest BCUT2D eigenvalue weighted by atomic mass is 16.6. The largest absolute Gasteiger partial charge is 0.486 e. The summed E-state index contributed by atoms with van der Waals surface area (Å²) in [7, 11) is 0. The molecule has 1 spiro atoms. The molecule has 2 heterocycles. The molecule has 2 aliphatic heterocycles. The number of nitrogens with one attached hydrogen (secondary N) is 1. The number of rotatable bonds is 5. The molecular formula is C27H32N2O4. The molecule has 3 aliphatic rings. The molecule has 2 aromatic carbocycles. The van der Waals surface area contributed by atoms with E-state index in [1.54, 1.807) is 0 Å². The third-order valence-electron chi connectivity index (χ3n) is 7.43. The summed E-state index contributed by atoms with van der Waals surface area (Å²) < 4.78 is 11.7. The summed E-state index contributed by atoms with van der Waals surface area (Å²) in [6.07, 6.45) is 5.17. The Morgan fingerprint density at radius 3 is 2.48 bits per heavy atom. The van der Waals surface area contributed by atoms with Crippen LogP contribution in [0.3, 0.4) is 0 Å². The summed E-state index contributed by atoms with van der Waals surface area (Å²) in [6.45, 7) is 4.32. The first-order chi connectivity index (χ1) is 16.1. The second-order valence-electron chi connectivity index (χ2n) is 9.53. The first-order valence-corrected chi connectivity index (χ1v) is 12.1. The summed E-state index contributed by atoms with van der Waals surface area (Å²) in [6, 6.07) is 13.9. The van der Waals surface area contributed by atoms with Gasteiger partial charge in [-0.25, -0.2) is 0 Å². The fourth-order valence-corrected chi connectivity index (χ4v) is 5.71. The van der Waals surface area contributed by atoms with Crippen molar-refractivity contribution in [2.75, 3.05) is 26.3 Å². The summed E-state index contributed by atoms with van der Waals surface area (Å²) in [5, 5.41) is 2.91. The second kappa shape index (κ2) is 9.08. The smallest absolute Gasteiger partial charge is 0.224 e. The van der Waals surface area contributed by atoms with E-state index in [1.165, 1.54) is 24.0 Å². The normalized spacial score (nSPS) is 20.4. The number of carbonyl (C=O) groups excluding carboxylic acids is 2. The fourth-order valence-electron chi connectivity index (χ4n) is 5.71. The lowest BCUT2D eigenvalue weighted by molar-refractivity contribution is -0.135. The molecule has 174 valence electrons.